The fourth-order valence-electron chi connectivity index (χ4n) is 2.86. The zero-order valence-electron chi connectivity index (χ0n) is 10.7. The van der Waals surface area contributed by atoms with Crippen molar-refractivity contribution in [1.82, 2.24) is 4.90 Å². The van der Waals surface area contributed by atoms with Crippen molar-refractivity contribution >= 4 is 17.2 Å². The molecule has 0 aromatic heterocycles. The minimum Gasteiger partial charge on any atom is -0.377 e. The van der Waals surface area contributed by atoms with E-state index in [1.54, 1.807) is 0 Å². The van der Waals surface area contributed by atoms with Crippen LogP contribution < -0.4 is 5.32 Å². The van der Waals surface area contributed by atoms with Crippen LogP contribution >= 0.6 is 0 Å². The van der Waals surface area contributed by atoms with E-state index in [1.807, 2.05) is 24.3 Å². The summed E-state index contributed by atoms with van der Waals surface area (Å²) in [5.74, 6) is 0.0555. The van der Waals surface area contributed by atoms with Gasteiger partial charge in [0.25, 0.3) is 5.91 Å². The molecule has 0 radical (unpaired) electrons. The number of benzene rings is 1. The van der Waals surface area contributed by atoms with Crippen molar-refractivity contribution in [2.75, 3.05) is 18.9 Å². The van der Waals surface area contributed by atoms with Gasteiger partial charge in [0.05, 0.1) is 5.57 Å². The van der Waals surface area contributed by atoms with Crippen LogP contribution in [0.3, 0.4) is 0 Å². The average Bonchev–Trinajstić information content (AvgIpc) is 2.55. The van der Waals surface area contributed by atoms with E-state index in [4.69, 9.17) is 0 Å². The summed E-state index contributed by atoms with van der Waals surface area (Å²) in [5.41, 5.74) is 4.10. The molecule has 3 nitrogen and oxygen atoms in total. The summed E-state index contributed by atoms with van der Waals surface area (Å²) in [4.78, 5) is 14.4. The van der Waals surface area contributed by atoms with Gasteiger partial charge in [-0.1, -0.05) is 24.6 Å². The number of nitrogens with zero attached hydrogens (tertiary/aromatic N) is 1. The molecule has 1 amide bonds. The van der Waals surface area contributed by atoms with Crippen molar-refractivity contribution in [2.24, 2.45) is 0 Å². The van der Waals surface area contributed by atoms with Crippen LogP contribution in [0, 0.1) is 0 Å². The van der Waals surface area contributed by atoms with Gasteiger partial charge in [0.15, 0.2) is 0 Å². The number of nitrogens with one attached hydrogen (secondary N) is 1. The van der Waals surface area contributed by atoms with Crippen LogP contribution in [0.2, 0.25) is 0 Å². The van der Waals surface area contributed by atoms with E-state index in [0.29, 0.717) is 0 Å². The molecule has 1 N–H and O–H groups in total. The summed E-state index contributed by atoms with van der Waals surface area (Å²) in [6, 6.07) is 7.96. The number of carbonyl (C=O) groups is 1. The Hall–Kier alpha value is -1.77. The van der Waals surface area contributed by atoms with Crippen molar-refractivity contribution in [1.29, 1.82) is 0 Å². The number of carbonyl (C=O) groups excluding carboxylic acids is 1. The molecule has 0 aliphatic carbocycles. The van der Waals surface area contributed by atoms with Crippen molar-refractivity contribution in [2.45, 2.75) is 25.7 Å². The van der Waals surface area contributed by atoms with Crippen LogP contribution in [0.25, 0.3) is 5.57 Å². The Bertz CT molecular complexity index is 519. The van der Waals surface area contributed by atoms with Crippen LogP contribution in [0.15, 0.2) is 30.0 Å². The highest BCUT2D eigenvalue weighted by atomic mass is 16.2. The molecule has 94 valence electrons. The summed E-state index contributed by atoms with van der Waals surface area (Å²) in [7, 11) is 2.10. The molecule has 2 aliphatic rings. The summed E-state index contributed by atoms with van der Waals surface area (Å²) in [6.45, 7) is 1.05. The average molecular weight is 242 g/mol. The van der Waals surface area contributed by atoms with Gasteiger partial charge in [-0.15, -0.1) is 0 Å². The Balaban J connectivity index is 2.11. The van der Waals surface area contributed by atoms with E-state index >= 15 is 0 Å². The van der Waals surface area contributed by atoms with Gasteiger partial charge in [0.2, 0.25) is 0 Å². The Morgan fingerprint density at radius 1 is 1.17 bits per heavy atom. The molecular weight excluding hydrogens is 224 g/mol. The second-order valence-corrected chi connectivity index (χ2v) is 5.05. The lowest BCUT2D eigenvalue weighted by Gasteiger charge is -2.21. The fourth-order valence-corrected chi connectivity index (χ4v) is 2.86. The first-order valence-electron chi connectivity index (χ1n) is 6.62. The first-order valence-corrected chi connectivity index (χ1v) is 6.62. The van der Waals surface area contributed by atoms with Crippen LogP contribution in [0.1, 0.15) is 31.2 Å². The monoisotopic (exact) mass is 242 g/mol. The number of rotatable bonds is 0. The zero-order valence-corrected chi connectivity index (χ0v) is 10.7. The van der Waals surface area contributed by atoms with Gasteiger partial charge < -0.3 is 10.2 Å². The highest BCUT2D eigenvalue weighted by Gasteiger charge is 2.28. The molecule has 0 bridgehead atoms. The Morgan fingerprint density at radius 2 is 2.00 bits per heavy atom. The quantitative estimate of drug-likeness (QED) is 0.709. The maximum absolute atomic E-state index is 12.2. The SMILES string of the molecule is CN1CCCCCC1=C1C(=O)Nc2ccccc21. The van der Waals surface area contributed by atoms with Crippen molar-refractivity contribution in [3.8, 4) is 0 Å². The number of allylic oxidation sites excluding steroid dienone is 1. The van der Waals surface area contributed by atoms with E-state index in [-0.39, 0.29) is 5.91 Å². The second kappa shape index (κ2) is 4.48. The minimum absolute atomic E-state index is 0.0555. The maximum Gasteiger partial charge on any atom is 0.258 e. The first kappa shape index (κ1) is 11.3. The molecule has 1 aromatic carbocycles. The number of amides is 1. The lowest BCUT2D eigenvalue weighted by Crippen LogP contribution is -2.20. The van der Waals surface area contributed by atoms with E-state index in [1.165, 1.54) is 25.0 Å². The van der Waals surface area contributed by atoms with E-state index < -0.39 is 0 Å². The molecule has 1 saturated heterocycles. The molecule has 0 unspecified atom stereocenters. The van der Waals surface area contributed by atoms with Gasteiger partial charge in [-0.25, -0.2) is 0 Å². The second-order valence-electron chi connectivity index (χ2n) is 5.05. The van der Waals surface area contributed by atoms with E-state index in [2.05, 4.69) is 17.3 Å². The molecule has 2 heterocycles. The maximum atomic E-state index is 12.2. The molecule has 2 aliphatic heterocycles. The Kier molecular flexibility index (Phi) is 2.82. The molecule has 18 heavy (non-hydrogen) atoms. The number of hydrogen-bond donors (Lipinski definition) is 1. The van der Waals surface area contributed by atoms with Crippen LogP contribution in [-0.2, 0) is 4.79 Å². The summed E-state index contributed by atoms with van der Waals surface area (Å²) in [6.07, 6.45) is 4.66. The minimum atomic E-state index is 0.0555. The molecule has 0 atom stereocenters. The summed E-state index contributed by atoms with van der Waals surface area (Å²) in [5, 5.41) is 2.96. The number of likely N-dealkylation sites (tertiary alicyclic amines) is 1. The van der Waals surface area contributed by atoms with Gasteiger partial charge in [-0.2, -0.15) is 0 Å². The molecule has 1 fully saturated rings. The molecule has 0 spiro atoms. The third-order valence-electron chi connectivity index (χ3n) is 3.83. The normalized spacial score (nSPS) is 23.6. The van der Waals surface area contributed by atoms with Gasteiger partial charge in [-0.3, -0.25) is 4.79 Å². The lowest BCUT2D eigenvalue weighted by atomic mass is 10.0. The molecule has 3 rings (SSSR count). The molecule has 1 aromatic rings. The molecular formula is C15H18N2O. The van der Waals surface area contributed by atoms with E-state index in [0.717, 1.165) is 29.8 Å². The van der Waals surface area contributed by atoms with Gasteiger partial charge in [-0.05, 0) is 25.3 Å². The predicted octanol–water partition coefficient (Wildman–Crippen LogP) is 2.86. The van der Waals surface area contributed by atoms with Crippen molar-refractivity contribution in [3.63, 3.8) is 0 Å². The zero-order chi connectivity index (χ0) is 12.5. The third kappa shape index (κ3) is 1.80. The lowest BCUT2D eigenvalue weighted by molar-refractivity contribution is -0.110. The van der Waals surface area contributed by atoms with Crippen LogP contribution in [0.4, 0.5) is 5.69 Å². The van der Waals surface area contributed by atoms with Crippen LogP contribution in [-0.4, -0.2) is 24.4 Å². The number of para-hydroxylation sites is 1. The predicted molar refractivity (Wildman–Crippen MR) is 73.1 cm³/mol. The Labute approximate surface area is 107 Å². The summed E-state index contributed by atoms with van der Waals surface area (Å²) >= 11 is 0. The highest BCUT2D eigenvalue weighted by Crippen LogP contribution is 2.36. The van der Waals surface area contributed by atoms with Gasteiger partial charge >= 0.3 is 0 Å². The number of hydrogen-bond acceptors (Lipinski definition) is 2. The Morgan fingerprint density at radius 3 is 2.89 bits per heavy atom. The topological polar surface area (TPSA) is 32.3 Å². The van der Waals surface area contributed by atoms with Crippen molar-refractivity contribution < 1.29 is 4.79 Å². The van der Waals surface area contributed by atoms with Crippen LogP contribution in [0.5, 0.6) is 0 Å². The largest absolute Gasteiger partial charge is 0.377 e. The third-order valence-corrected chi connectivity index (χ3v) is 3.83. The fraction of sp³-hybridized carbons (Fsp3) is 0.400. The molecule has 3 heteroatoms. The van der Waals surface area contributed by atoms with E-state index in [9.17, 15) is 4.79 Å². The smallest absolute Gasteiger partial charge is 0.258 e. The van der Waals surface area contributed by atoms with Crippen molar-refractivity contribution in [3.05, 3.63) is 35.5 Å². The van der Waals surface area contributed by atoms with Gasteiger partial charge in [0, 0.05) is 30.5 Å². The summed E-state index contributed by atoms with van der Waals surface area (Å²) < 4.78 is 0. The highest BCUT2D eigenvalue weighted by molar-refractivity contribution is 6.32. The molecule has 0 saturated carbocycles. The van der Waals surface area contributed by atoms with Gasteiger partial charge in [0.1, 0.15) is 0 Å². The first-order chi connectivity index (χ1) is 8.77. The number of fused-ring (bicyclic) bond motifs is 1. The number of anilines is 1. The standard InChI is InChI=1S/C15H18N2O/c1-17-10-6-2-3-9-13(17)14-11-7-4-5-8-12(11)16-15(14)18/h4-5,7-8H,2-3,6,9-10H2,1H3,(H,16,18).